The summed E-state index contributed by atoms with van der Waals surface area (Å²) in [5.74, 6) is 0.629. The Balaban J connectivity index is 2.68. The van der Waals surface area contributed by atoms with Gasteiger partial charge >= 0.3 is 0 Å². The monoisotopic (exact) mass is 316 g/mol. The maximum Gasteiger partial charge on any atom is 0.222 e. The van der Waals surface area contributed by atoms with Crippen LogP contribution in [-0.2, 0) is 0 Å². The van der Waals surface area contributed by atoms with E-state index in [0.717, 1.165) is 37.1 Å². The van der Waals surface area contributed by atoms with E-state index in [1.165, 1.54) is 5.57 Å². The predicted octanol–water partition coefficient (Wildman–Crippen LogP) is 1.78. The van der Waals surface area contributed by atoms with Crippen molar-refractivity contribution < 1.29 is 0 Å². The molecule has 0 fully saturated rings. The van der Waals surface area contributed by atoms with Gasteiger partial charge in [-0.15, -0.1) is 0 Å². The van der Waals surface area contributed by atoms with Gasteiger partial charge in [0.05, 0.1) is 5.70 Å². The molecule has 1 heterocycles. The van der Waals surface area contributed by atoms with E-state index in [0.29, 0.717) is 12.5 Å². The Kier molecular flexibility index (Phi) is 9.31. The Morgan fingerprint density at radius 3 is 2.96 bits per heavy atom. The molecule has 0 unspecified atom stereocenters. The first kappa shape index (κ1) is 18.8. The van der Waals surface area contributed by atoms with Crippen molar-refractivity contribution in [3.8, 4) is 0 Å². The molecule has 0 saturated heterocycles. The van der Waals surface area contributed by atoms with Gasteiger partial charge in [-0.2, -0.15) is 0 Å². The molecule has 0 aromatic rings. The maximum absolute atomic E-state index is 5.70. The second-order valence-corrected chi connectivity index (χ2v) is 5.06. The highest BCUT2D eigenvalue weighted by Gasteiger charge is 2.07. The number of rotatable bonds is 8. The first-order valence-corrected chi connectivity index (χ1v) is 7.96. The topological polar surface area (TPSA) is 87.2 Å². The molecule has 0 amide bonds. The summed E-state index contributed by atoms with van der Waals surface area (Å²) in [6, 6.07) is 0. The van der Waals surface area contributed by atoms with Crippen LogP contribution < -0.4 is 16.4 Å². The fourth-order valence-corrected chi connectivity index (χ4v) is 2.10. The van der Waals surface area contributed by atoms with Crippen molar-refractivity contribution in [3.05, 3.63) is 35.2 Å². The summed E-state index contributed by atoms with van der Waals surface area (Å²) >= 11 is 0. The van der Waals surface area contributed by atoms with Gasteiger partial charge in [0.1, 0.15) is 0 Å². The molecule has 0 radical (unpaired) electrons. The molecule has 0 bridgehead atoms. The lowest BCUT2D eigenvalue weighted by atomic mass is 10.1. The van der Waals surface area contributed by atoms with Crippen molar-refractivity contribution in [1.82, 2.24) is 10.6 Å². The van der Waals surface area contributed by atoms with Crippen LogP contribution in [0.15, 0.2) is 50.2 Å². The summed E-state index contributed by atoms with van der Waals surface area (Å²) in [4.78, 5) is 12.9. The van der Waals surface area contributed by atoms with Crippen LogP contribution in [0.4, 0.5) is 0 Å². The molecule has 1 aliphatic heterocycles. The van der Waals surface area contributed by atoms with E-state index in [-0.39, 0.29) is 0 Å². The average molecular weight is 316 g/mol. The quantitative estimate of drug-likeness (QED) is 0.597. The molecular weight excluding hydrogens is 288 g/mol. The summed E-state index contributed by atoms with van der Waals surface area (Å²) in [5, 5.41) is 6.39. The van der Waals surface area contributed by atoms with Gasteiger partial charge in [-0.3, -0.25) is 4.99 Å². The molecule has 4 N–H and O–H groups in total. The lowest BCUT2D eigenvalue weighted by Crippen LogP contribution is -2.23. The van der Waals surface area contributed by atoms with Gasteiger partial charge in [0, 0.05) is 50.8 Å². The van der Waals surface area contributed by atoms with Crippen LogP contribution in [-0.4, -0.2) is 45.6 Å². The highest BCUT2D eigenvalue weighted by atomic mass is 15.1. The molecule has 0 aliphatic carbocycles. The highest BCUT2D eigenvalue weighted by molar-refractivity contribution is 5.90. The first-order valence-electron chi connectivity index (χ1n) is 7.96. The molecule has 0 aromatic carbocycles. The molecule has 6 nitrogen and oxygen atoms in total. The number of nitrogens with zero attached hydrogens (tertiary/aromatic N) is 3. The van der Waals surface area contributed by atoms with Crippen LogP contribution in [0.2, 0.25) is 0 Å². The zero-order valence-corrected chi connectivity index (χ0v) is 14.3. The third kappa shape index (κ3) is 7.06. The molecule has 1 rings (SSSR count). The van der Waals surface area contributed by atoms with Crippen LogP contribution in [0.5, 0.6) is 0 Å². The third-order valence-corrected chi connectivity index (χ3v) is 3.40. The second kappa shape index (κ2) is 11.4. The molecule has 23 heavy (non-hydrogen) atoms. The van der Waals surface area contributed by atoms with E-state index >= 15 is 0 Å². The Morgan fingerprint density at radius 2 is 2.30 bits per heavy atom. The van der Waals surface area contributed by atoms with Crippen LogP contribution >= 0.6 is 0 Å². The minimum Gasteiger partial charge on any atom is -0.404 e. The number of nitrogens with one attached hydrogen (secondary N) is 2. The van der Waals surface area contributed by atoms with E-state index in [2.05, 4.69) is 38.6 Å². The van der Waals surface area contributed by atoms with Crippen LogP contribution in [0.3, 0.4) is 0 Å². The van der Waals surface area contributed by atoms with Gasteiger partial charge in [-0.05, 0) is 26.0 Å². The number of nitrogens with two attached hydrogens (primary N) is 1. The van der Waals surface area contributed by atoms with Crippen molar-refractivity contribution in [2.45, 2.75) is 26.2 Å². The lowest BCUT2D eigenvalue weighted by molar-refractivity contribution is 0.820. The lowest BCUT2D eigenvalue weighted by Gasteiger charge is -2.09. The fourth-order valence-electron chi connectivity index (χ4n) is 2.10. The Morgan fingerprint density at radius 1 is 1.48 bits per heavy atom. The van der Waals surface area contributed by atoms with Crippen LogP contribution in [0.25, 0.3) is 0 Å². The van der Waals surface area contributed by atoms with Gasteiger partial charge in [0.2, 0.25) is 5.96 Å². The minimum absolute atomic E-state index is 0.629. The average Bonchev–Trinajstić information content (AvgIpc) is 2.81. The second-order valence-electron chi connectivity index (χ2n) is 5.06. The molecule has 0 atom stereocenters. The van der Waals surface area contributed by atoms with E-state index in [1.54, 1.807) is 13.2 Å². The normalized spacial score (nSPS) is 16.3. The minimum atomic E-state index is 0.629. The third-order valence-electron chi connectivity index (χ3n) is 3.40. The van der Waals surface area contributed by atoms with E-state index < -0.39 is 0 Å². The summed E-state index contributed by atoms with van der Waals surface area (Å²) in [6.07, 6.45) is 12.1. The van der Waals surface area contributed by atoms with Gasteiger partial charge in [0.15, 0.2) is 0 Å². The summed E-state index contributed by atoms with van der Waals surface area (Å²) in [6.45, 7) is 3.61. The highest BCUT2D eigenvalue weighted by Crippen LogP contribution is 2.13. The SMILES string of the molecule is CC/C(=C\C=NC)CCNC1=NC(/C(=C/N)CNC)=CCC=N1. The van der Waals surface area contributed by atoms with Crippen LogP contribution in [0.1, 0.15) is 26.2 Å². The molecule has 6 heteroatoms. The van der Waals surface area contributed by atoms with Crippen molar-refractivity contribution in [2.24, 2.45) is 20.7 Å². The van der Waals surface area contributed by atoms with Crippen molar-refractivity contribution in [1.29, 1.82) is 0 Å². The molecule has 126 valence electrons. The van der Waals surface area contributed by atoms with Gasteiger partial charge in [0.25, 0.3) is 0 Å². The zero-order chi connectivity index (χ0) is 16.9. The summed E-state index contributed by atoms with van der Waals surface area (Å²) < 4.78 is 0. The van der Waals surface area contributed by atoms with Gasteiger partial charge in [-0.1, -0.05) is 18.6 Å². The predicted molar refractivity (Wildman–Crippen MR) is 100 cm³/mol. The molecule has 0 saturated carbocycles. The standard InChI is InChI=1S/C17H28N6/c1-4-14(7-10-19-2)8-11-22-17-21-9-5-6-16(23-17)15(12-18)13-20-3/h6-7,9-10,12,20H,4-5,8,11,13,18H2,1-3H3,(H,22,23)/b14-7+,15-12+,19-10?. The number of likely N-dealkylation sites (N-methyl/N-ethyl adjacent to an activating group) is 1. The zero-order valence-electron chi connectivity index (χ0n) is 14.3. The summed E-state index contributed by atoms with van der Waals surface area (Å²) in [5.41, 5.74) is 8.87. The van der Waals surface area contributed by atoms with Crippen molar-refractivity contribution in [2.75, 3.05) is 27.2 Å². The number of hydrogen-bond donors (Lipinski definition) is 3. The summed E-state index contributed by atoms with van der Waals surface area (Å²) in [7, 11) is 3.66. The Labute approximate surface area is 139 Å². The Bertz CT molecular complexity index is 537. The van der Waals surface area contributed by atoms with E-state index in [1.807, 2.05) is 25.6 Å². The number of aliphatic imine (C=N–C) groups is 3. The largest absolute Gasteiger partial charge is 0.404 e. The first-order chi connectivity index (χ1) is 11.2. The number of hydrogen-bond acceptors (Lipinski definition) is 6. The van der Waals surface area contributed by atoms with E-state index in [4.69, 9.17) is 5.73 Å². The van der Waals surface area contributed by atoms with Crippen LogP contribution in [0, 0.1) is 0 Å². The van der Waals surface area contributed by atoms with E-state index in [9.17, 15) is 0 Å². The molecule has 0 spiro atoms. The molecular formula is C17H28N6. The Hall–Kier alpha value is -2.21. The number of allylic oxidation sites excluding steroid dienone is 2. The maximum atomic E-state index is 5.70. The van der Waals surface area contributed by atoms with Gasteiger partial charge < -0.3 is 16.4 Å². The van der Waals surface area contributed by atoms with Crippen molar-refractivity contribution in [3.63, 3.8) is 0 Å². The smallest absolute Gasteiger partial charge is 0.222 e. The fraction of sp³-hybridized carbons (Fsp3) is 0.471. The van der Waals surface area contributed by atoms with Crippen molar-refractivity contribution >= 4 is 18.4 Å². The molecule has 1 aliphatic rings. The number of guanidine groups is 1. The van der Waals surface area contributed by atoms with Gasteiger partial charge in [-0.25, -0.2) is 9.98 Å². The molecule has 0 aromatic heterocycles.